The number of nitrogens with two attached hydrogens (primary N) is 1. The van der Waals surface area contributed by atoms with Crippen LogP contribution < -0.4 is 5.73 Å². The minimum atomic E-state index is 0.809. The summed E-state index contributed by atoms with van der Waals surface area (Å²) in [5.74, 6) is 0. The van der Waals surface area contributed by atoms with Crippen LogP contribution in [0.5, 0.6) is 0 Å². The Labute approximate surface area is 90.6 Å². The van der Waals surface area contributed by atoms with Gasteiger partial charge in [0.05, 0.1) is 0 Å². The molecule has 0 spiro atoms. The summed E-state index contributed by atoms with van der Waals surface area (Å²) in [6.07, 6.45) is 0. The van der Waals surface area contributed by atoms with E-state index in [1.54, 1.807) is 0 Å². The maximum absolute atomic E-state index is 5.67. The first kappa shape index (κ1) is 9.78. The molecule has 2 N–H and O–H groups in total. The van der Waals surface area contributed by atoms with Crippen molar-refractivity contribution in [3.63, 3.8) is 0 Å². The number of hydrogen-bond acceptors (Lipinski definition) is 1. The molecule has 0 heterocycles. The molecule has 0 aromatic heterocycles. The van der Waals surface area contributed by atoms with Crippen molar-refractivity contribution in [3.05, 3.63) is 53.6 Å². The zero-order chi connectivity index (χ0) is 10.8. The third-order valence-corrected chi connectivity index (χ3v) is 2.60. The van der Waals surface area contributed by atoms with Gasteiger partial charge in [0, 0.05) is 5.69 Å². The predicted octanol–water partition coefficient (Wildman–Crippen LogP) is 3.55. The van der Waals surface area contributed by atoms with Gasteiger partial charge in [-0.05, 0) is 42.7 Å². The van der Waals surface area contributed by atoms with Crippen LogP contribution >= 0.6 is 0 Å². The molecule has 0 atom stereocenters. The summed E-state index contributed by atoms with van der Waals surface area (Å²) in [6, 6.07) is 14.5. The third-order valence-electron chi connectivity index (χ3n) is 2.60. The second kappa shape index (κ2) is 3.77. The number of nitrogen functional groups attached to an aromatic ring is 1. The molecule has 2 aromatic carbocycles. The average Bonchev–Trinajstić information content (AvgIpc) is 2.20. The van der Waals surface area contributed by atoms with E-state index in [-0.39, 0.29) is 0 Å². The van der Waals surface area contributed by atoms with E-state index in [2.05, 4.69) is 44.2 Å². The van der Waals surface area contributed by atoms with E-state index in [1.807, 2.05) is 12.1 Å². The highest BCUT2D eigenvalue weighted by molar-refractivity contribution is 5.69. The zero-order valence-corrected chi connectivity index (χ0v) is 9.12. The quantitative estimate of drug-likeness (QED) is 0.695. The van der Waals surface area contributed by atoms with Gasteiger partial charge < -0.3 is 5.73 Å². The molecular formula is C14H15N. The smallest absolute Gasteiger partial charge is 0.0314 e. The van der Waals surface area contributed by atoms with Crippen molar-refractivity contribution in [3.8, 4) is 11.1 Å². The molecule has 2 aromatic rings. The Kier molecular flexibility index (Phi) is 2.46. The van der Waals surface area contributed by atoms with E-state index < -0.39 is 0 Å². The Hall–Kier alpha value is -1.76. The lowest BCUT2D eigenvalue weighted by Gasteiger charge is -2.07. The molecule has 0 fully saturated rings. The molecule has 0 radical (unpaired) electrons. The zero-order valence-electron chi connectivity index (χ0n) is 9.12. The number of anilines is 1. The molecule has 0 saturated heterocycles. The van der Waals surface area contributed by atoms with E-state index >= 15 is 0 Å². The summed E-state index contributed by atoms with van der Waals surface area (Å²) in [4.78, 5) is 0. The standard InChI is InChI=1S/C14H15N/c1-10-3-8-14(11(2)9-10)12-4-6-13(15)7-5-12/h3-9H,15H2,1-2H3. The molecule has 0 bridgehead atoms. The monoisotopic (exact) mass is 197 g/mol. The van der Waals surface area contributed by atoms with Gasteiger partial charge in [0.2, 0.25) is 0 Å². The van der Waals surface area contributed by atoms with Gasteiger partial charge >= 0.3 is 0 Å². The Balaban J connectivity index is 2.49. The van der Waals surface area contributed by atoms with Crippen molar-refractivity contribution in [1.82, 2.24) is 0 Å². The van der Waals surface area contributed by atoms with Gasteiger partial charge in [-0.2, -0.15) is 0 Å². The lowest BCUT2D eigenvalue weighted by atomic mass is 9.99. The van der Waals surface area contributed by atoms with Crippen LogP contribution in [0.15, 0.2) is 42.5 Å². The van der Waals surface area contributed by atoms with Gasteiger partial charge in [-0.1, -0.05) is 35.9 Å². The van der Waals surface area contributed by atoms with Crippen molar-refractivity contribution in [2.24, 2.45) is 0 Å². The Morgan fingerprint density at radius 1 is 0.867 bits per heavy atom. The summed E-state index contributed by atoms with van der Waals surface area (Å²) in [5.41, 5.74) is 11.6. The summed E-state index contributed by atoms with van der Waals surface area (Å²) in [6.45, 7) is 4.25. The van der Waals surface area contributed by atoms with Crippen LogP contribution in [0, 0.1) is 13.8 Å². The average molecular weight is 197 g/mol. The lowest BCUT2D eigenvalue weighted by molar-refractivity contribution is 1.38. The molecule has 0 aliphatic rings. The van der Waals surface area contributed by atoms with Gasteiger partial charge in [0.1, 0.15) is 0 Å². The summed E-state index contributed by atoms with van der Waals surface area (Å²) in [5, 5.41) is 0. The maximum Gasteiger partial charge on any atom is 0.0314 e. The van der Waals surface area contributed by atoms with Crippen LogP contribution in [0.2, 0.25) is 0 Å². The van der Waals surface area contributed by atoms with Gasteiger partial charge in [-0.3, -0.25) is 0 Å². The van der Waals surface area contributed by atoms with Crippen LogP contribution in [-0.2, 0) is 0 Å². The van der Waals surface area contributed by atoms with Crippen LogP contribution in [0.25, 0.3) is 11.1 Å². The fourth-order valence-corrected chi connectivity index (χ4v) is 1.80. The van der Waals surface area contributed by atoms with Gasteiger partial charge in [-0.25, -0.2) is 0 Å². The van der Waals surface area contributed by atoms with Crippen molar-refractivity contribution < 1.29 is 0 Å². The molecule has 2 rings (SSSR count). The Morgan fingerprint density at radius 2 is 1.53 bits per heavy atom. The number of rotatable bonds is 1. The molecular weight excluding hydrogens is 182 g/mol. The fraction of sp³-hybridized carbons (Fsp3) is 0.143. The minimum absolute atomic E-state index is 0.809. The number of hydrogen-bond donors (Lipinski definition) is 1. The molecule has 1 heteroatoms. The van der Waals surface area contributed by atoms with E-state index in [1.165, 1.54) is 22.3 Å². The molecule has 0 amide bonds. The first-order chi connectivity index (χ1) is 7.16. The number of benzene rings is 2. The third kappa shape index (κ3) is 2.01. The topological polar surface area (TPSA) is 26.0 Å². The van der Waals surface area contributed by atoms with Crippen LogP contribution in [-0.4, -0.2) is 0 Å². The van der Waals surface area contributed by atoms with Crippen molar-refractivity contribution >= 4 is 5.69 Å². The first-order valence-corrected chi connectivity index (χ1v) is 5.10. The Bertz CT molecular complexity index is 469. The molecule has 0 aliphatic heterocycles. The highest BCUT2D eigenvalue weighted by atomic mass is 14.5. The lowest BCUT2D eigenvalue weighted by Crippen LogP contribution is -1.86. The highest BCUT2D eigenvalue weighted by Crippen LogP contribution is 2.24. The summed E-state index contributed by atoms with van der Waals surface area (Å²) >= 11 is 0. The number of aryl methyl sites for hydroxylation is 2. The van der Waals surface area contributed by atoms with Crippen molar-refractivity contribution in [2.45, 2.75) is 13.8 Å². The largest absolute Gasteiger partial charge is 0.399 e. The van der Waals surface area contributed by atoms with Crippen LogP contribution in [0.1, 0.15) is 11.1 Å². The van der Waals surface area contributed by atoms with Crippen molar-refractivity contribution in [1.29, 1.82) is 0 Å². The van der Waals surface area contributed by atoms with E-state index in [0.717, 1.165) is 5.69 Å². The summed E-state index contributed by atoms with van der Waals surface area (Å²) in [7, 11) is 0. The molecule has 1 nitrogen and oxygen atoms in total. The molecule has 15 heavy (non-hydrogen) atoms. The Morgan fingerprint density at radius 3 is 2.13 bits per heavy atom. The van der Waals surface area contributed by atoms with Gasteiger partial charge in [-0.15, -0.1) is 0 Å². The predicted molar refractivity (Wildman–Crippen MR) is 65.8 cm³/mol. The van der Waals surface area contributed by atoms with E-state index in [9.17, 15) is 0 Å². The normalized spacial score (nSPS) is 10.3. The molecule has 0 saturated carbocycles. The maximum atomic E-state index is 5.67. The van der Waals surface area contributed by atoms with Crippen LogP contribution in [0.3, 0.4) is 0 Å². The van der Waals surface area contributed by atoms with Crippen LogP contribution in [0.4, 0.5) is 5.69 Å². The fourth-order valence-electron chi connectivity index (χ4n) is 1.80. The molecule has 0 unspecified atom stereocenters. The summed E-state index contributed by atoms with van der Waals surface area (Å²) < 4.78 is 0. The SMILES string of the molecule is Cc1ccc(-c2ccc(N)cc2)c(C)c1. The minimum Gasteiger partial charge on any atom is -0.399 e. The first-order valence-electron chi connectivity index (χ1n) is 5.10. The van der Waals surface area contributed by atoms with Gasteiger partial charge in [0.15, 0.2) is 0 Å². The second-order valence-corrected chi connectivity index (χ2v) is 3.94. The molecule has 76 valence electrons. The van der Waals surface area contributed by atoms with E-state index in [4.69, 9.17) is 5.73 Å². The van der Waals surface area contributed by atoms with E-state index in [0.29, 0.717) is 0 Å². The van der Waals surface area contributed by atoms with Crippen molar-refractivity contribution in [2.75, 3.05) is 5.73 Å². The second-order valence-electron chi connectivity index (χ2n) is 3.94. The van der Waals surface area contributed by atoms with Gasteiger partial charge in [0.25, 0.3) is 0 Å². The molecule has 0 aliphatic carbocycles. The highest BCUT2D eigenvalue weighted by Gasteiger charge is 2.01.